The van der Waals surface area contributed by atoms with Gasteiger partial charge in [-0.25, -0.2) is 4.68 Å². The first-order valence-electron chi connectivity index (χ1n) is 8.11. The number of likely N-dealkylation sites (tertiary alicyclic amines) is 1. The Hall–Kier alpha value is -2.63. The molecule has 1 aromatic carbocycles. The van der Waals surface area contributed by atoms with Crippen LogP contribution >= 0.6 is 0 Å². The number of hydrogen-bond acceptors (Lipinski definition) is 3. The molecule has 0 bridgehead atoms. The Morgan fingerprint density at radius 2 is 2.00 bits per heavy atom. The van der Waals surface area contributed by atoms with Crippen molar-refractivity contribution in [2.75, 3.05) is 13.1 Å². The van der Waals surface area contributed by atoms with E-state index in [4.69, 9.17) is 0 Å². The fourth-order valence-electron chi connectivity index (χ4n) is 3.20. The van der Waals surface area contributed by atoms with E-state index in [-0.39, 0.29) is 12.5 Å². The molecule has 0 spiro atoms. The van der Waals surface area contributed by atoms with Gasteiger partial charge in [0.05, 0.1) is 29.1 Å². The van der Waals surface area contributed by atoms with Crippen LogP contribution in [-0.4, -0.2) is 44.8 Å². The van der Waals surface area contributed by atoms with Crippen LogP contribution in [0.15, 0.2) is 30.5 Å². The third-order valence-electron chi connectivity index (χ3n) is 4.64. The summed E-state index contributed by atoms with van der Waals surface area (Å²) in [5.74, 6) is -1.45. The largest absolute Gasteiger partial charge is 0.481 e. The minimum Gasteiger partial charge on any atom is -0.481 e. The van der Waals surface area contributed by atoms with Crippen molar-refractivity contribution in [2.24, 2.45) is 5.92 Å². The van der Waals surface area contributed by atoms with E-state index in [1.165, 1.54) is 0 Å². The van der Waals surface area contributed by atoms with Gasteiger partial charge in [0, 0.05) is 13.1 Å². The average molecular weight is 327 g/mol. The summed E-state index contributed by atoms with van der Waals surface area (Å²) in [5.41, 5.74) is 3.32. The second kappa shape index (κ2) is 6.47. The molecule has 0 saturated carbocycles. The molecule has 1 amide bonds. The zero-order chi connectivity index (χ0) is 17.3. The van der Waals surface area contributed by atoms with Gasteiger partial charge in [-0.05, 0) is 38.3 Å². The van der Waals surface area contributed by atoms with Crippen molar-refractivity contribution in [2.45, 2.75) is 26.7 Å². The van der Waals surface area contributed by atoms with E-state index in [2.05, 4.69) is 5.10 Å². The maximum atomic E-state index is 12.8. The van der Waals surface area contributed by atoms with Gasteiger partial charge in [-0.15, -0.1) is 0 Å². The van der Waals surface area contributed by atoms with Crippen molar-refractivity contribution < 1.29 is 14.7 Å². The fraction of sp³-hybridized carbons (Fsp3) is 0.389. The lowest BCUT2D eigenvalue weighted by molar-refractivity contribution is -0.143. The SMILES string of the molecule is Cc1ccccc1-n1ncc(C(=O)N2CCCC(C(=O)O)C2)c1C. The van der Waals surface area contributed by atoms with E-state index in [0.29, 0.717) is 24.9 Å². The van der Waals surface area contributed by atoms with Crippen LogP contribution in [-0.2, 0) is 4.79 Å². The first-order valence-corrected chi connectivity index (χ1v) is 8.11. The van der Waals surface area contributed by atoms with Gasteiger partial charge in [0.2, 0.25) is 0 Å². The molecule has 6 nitrogen and oxygen atoms in total. The molecule has 2 aromatic rings. The number of carboxylic acid groups (broad SMARTS) is 1. The molecule has 1 N–H and O–H groups in total. The third kappa shape index (κ3) is 2.91. The highest BCUT2D eigenvalue weighted by molar-refractivity contribution is 5.95. The number of hydrogen-bond donors (Lipinski definition) is 1. The lowest BCUT2D eigenvalue weighted by atomic mass is 9.97. The second-order valence-corrected chi connectivity index (χ2v) is 6.27. The molecule has 0 aliphatic carbocycles. The van der Waals surface area contributed by atoms with Gasteiger partial charge in [0.1, 0.15) is 0 Å². The van der Waals surface area contributed by atoms with Crippen LogP contribution in [0.2, 0.25) is 0 Å². The summed E-state index contributed by atoms with van der Waals surface area (Å²) in [7, 11) is 0. The van der Waals surface area contributed by atoms with Crippen LogP contribution in [0.25, 0.3) is 5.69 Å². The highest BCUT2D eigenvalue weighted by Crippen LogP contribution is 2.22. The molecule has 1 aromatic heterocycles. The number of para-hydroxylation sites is 1. The van der Waals surface area contributed by atoms with Crippen molar-refractivity contribution >= 4 is 11.9 Å². The molecule has 3 rings (SSSR count). The number of carboxylic acids is 1. The van der Waals surface area contributed by atoms with E-state index in [0.717, 1.165) is 16.9 Å². The zero-order valence-corrected chi connectivity index (χ0v) is 13.9. The lowest BCUT2D eigenvalue weighted by Gasteiger charge is -2.30. The third-order valence-corrected chi connectivity index (χ3v) is 4.64. The van der Waals surface area contributed by atoms with Gasteiger partial charge < -0.3 is 10.0 Å². The normalized spacial score (nSPS) is 17.8. The first kappa shape index (κ1) is 16.2. The summed E-state index contributed by atoms with van der Waals surface area (Å²) in [6, 6.07) is 7.86. The summed E-state index contributed by atoms with van der Waals surface area (Å²) in [5, 5.41) is 13.6. The summed E-state index contributed by atoms with van der Waals surface area (Å²) in [4.78, 5) is 25.6. The molecule has 24 heavy (non-hydrogen) atoms. The number of aryl methyl sites for hydroxylation is 1. The van der Waals surface area contributed by atoms with Gasteiger partial charge in [-0.2, -0.15) is 5.10 Å². The van der Waals surface area contributed by atoms with Crippen LogP contribution in [0, 0.1) is 19.8 Å². The summed E-state index contributed by atoms with van der Waals surface area (Å²) < 4.78 is 1.77. The van der Waals surface area contributed by atoms with Crippen LogP contribution in [0.5, 0.6) is 0 Å². The lowest BCUT2D eigenvalue weighted by Crippen LogP contribution is -2.42. The van der Waals surface area contributed by atoms with E-state index in [9.17, 15) is 14.7 Å². The Kier molecular flexibility index (Phi) is 4.38. The van der Waals surface area contributed by atoms with Crippen molar-refractivity contribution in [3.63, 3.8) is 0 Å². The number of benzene rings is 1. The summed E-state index contributed by atoms with van der Waals surface area (Å²) in [6.45, 7) is 4.73. The quantitative estimate of drug-likeness (QED) is 0.939. The Bertz CT molecular complexity index is 782. The molecular weight excluding hydrogens is 306 g/mol. The molecular formula is C18H21N3O3. The maximum absolute atomic E-state index is 12.8. The number of carbonyl (C=O) groups is 2. The van der Waals surface area contributed by atoms with Gasteiger partial charge in [-0.3, -0.25) is 9.59 Å². The van der Waals surface area contributed by atoms with Gasteiger partial charge in [0.15, 0.2) is 0 Å². The Morgan fingerprint density at radius 3 is 2.71 bits per heavy atom. The Balaban J connectivity index is 1.87. The van der Waals surface area contributed by atoms with Crippen molar-refractivity contribution in [1.82, 2.24) is 14.7 Å². The number of amides is 1. The zero-order valence-electron chi connectivity index (χ0n) is 13.9. The molecule has 1 atom stereocenters. The average Bonchev–Trinajstić information content (AvgIpc) is 2.96. The number of nitrogens with zero attached hydrogens (tertiary/aromatic N) is 3. The highest BCUT2D eigenvalue weighted by atomic mass is 16.4. The number of piperidine rings is 1. The van der Waals surface area contributed by atoms with Gasteiger partial charge in [-0.1, -0.05) is 18.2 Å². The molecule has 0 radical (unpaired) electrons. The standard InChI is InChI=1S/C18H21N3O3/c1-12-6-3-4-8-16(12)21-13(2)15(10-19-21)17(22)20-9-5-7-14(11-20)18(23)24/h3-4,6,8,10,14H,5,7,9,11H2,1-2H3,(H,23,24). The molecule has 126 valence electrons. The summed E-state index contributed by atoms with van der Waals surface area (Å²) in [6.07, 6.45) is 2.92. The molecule has 1 fully saturated rings. The van der Waals surface area contributed by atoms with Crippen LogP contribution in [0.4, 0.5) is 0 Å². The molecule has 1 aliphatic heterocycles. The first-order chi connectivity index (χ1) is 11.5. The number of aromatic nitrogens is 2. The molecule has 1 unspecified atom stereocenters. The smallest absolute Gasteiger partial charge is 0.308 e. The second-order valence-electron chi connectivity index (χ2n) is 6.27. The minimum atomic E-state index is -0.833. The predicted molar refractivity (Wildman–Crippen MR) is 89.3 cm³/mol. The number of rotatable bonds is 3. The van der Waals surface area contributed by atoms with E-state index in [1.54, 1.807) is 15.8 Å². The van der Waals surface area contributed by atoms with E-state index >= 15 is 0 Å². The molecule has 1 aliphatic rings. The molecule has 2 heterocycles. The Labute approximate surface area is 140 Å². The molecule has 6 heteroatoms. The van der Waals surface area contributed by atoms with Gasteiger partial charge >= 0.3 is 5.97 Å². The van der Waals surface area contributed by atoms with Crippen LogP contribution in [0.3, 0.4) is 0 Å². The monoisotopic (exact) mass is 327 g/mol. The van der Waals surface area contributed by atoms with Crippen LogP contribution < -0.4 is 0 Å². The highest BCUT2D eigenvalue weighted by Gasteiger charge is 2.30. The maximum Gasteiger partial charge on any atom is 0.308 e. The van der Waals surface area contributed by atoms with E-state index in [1.807, 2.05) is 38.1 Å². The van der Waals surface area contributed by atoms with Crippen LogP contribution in [0.1, 0.15) is 34.5 Å². The minimum absolute atomic E-state index is 0.140. The van der Waals surface area contributed by atoms with Gasteiger partial charge in [0.25, 0.3) is 5.91 Å². The molecule has 1 saturated heterocycles. The fourth-order valence-corrected chi connectivity index (χ4v) is 3.20. The number of aliphatic carboxylic acids is 1. The topological polar surface area (TPSA) is 75.4 Å². The Morgan fingerprint density at radius 1 is 1.25 bits per heavy atom. The number of carbonyl (C=O) groups excluding carboxylic acids is 1. The van der Waals surface area contributed by atoms with E-state index < -0.39 is 11.9 Å². The summed E-state index contributed by atoms with van der Waals surface area (Å²) >= 11 is 0. The predicted octanol–water partition coefficient (Wildman–Crippen LogP) is 2.43. The van der Waals surface area contributed by atoms with Crippen molar-refractivity contribution in [3.8, 4) is 5.69 Å². The van der Waals surface area contributed by atoms with Crippen molar-refractivity contribution in [3.05, 3.63) is 47.3 Å². The van der Waals surface area contributed by atoms with Crippen molar-refractivity contribution in [1.29, 1.82) is 0 Å².